The van der Waals surface area contributed by atoms with Crippen LogP contribution in [0.3, 0.4) is 0 Å². The minimum Gasteiger partial charge on any atom is -0.294 e. The van der Waals surface area contributed by atoms with E-state index in [0.29, 0.717) is 12.0 Å². The van der Waals surface area contributed by atoms with Crippen molar-refractivity contribution in [1.29, 1.82) is 0 Å². The summed E-state index contributed by atoms with van der Waals surface area (Å²) in [5, 5.41) is 0. The molecule has 0 spiro atoms. The minimum atomic E-state index is 0.121. The van der Waals surface area contributed by atoms with E-state index < -0.39 is 0 Å². The average molecular weight is 206 g/mol. The van der Waals surface area contributed by atoms with Crippen LogP contribution in [0.5, 0.6) is 0 Å². The molecule has 2 rings (SSSR count). The molecular weight excluding hydrogens is 188 g/mol. The van der Waals surface area contributed by atoms with Crippen LogP contribution in [0.2, 0.25) is 0 Å². The van der Waals surface area contributed by atoms with Crippen LogP contribution in [0.25, 0.3) is 0 Å². The highest BCUT2D eigenvalue weighted by Crippen LogP contribution is 2.21. The Bertz CT molecular complexity index is 420. The Morgan fingerprint density at radius 2 is 2.27 bits per heavy atom. The predicted molar refractivity (Wildman–Crippen MR) is 60.2 cm³/mol. The molecule has 1 aromatic heterocycles. The van der Waals surface area contributed by atoms with Gasteiger partial charge in [-0.3, -0.25) is 9.36 Å². The molecule has 0 aliphatic carbocycles. The fourth-order valence-electron chi connectivity index (χ4n) is 2.19. The number of hydrogen-bond donors (Lipinski definition) is 0. The molecule has 1 atom stereocenters. The van der Waals surface area contributed by atoms with Crippen LogP contribution >= 0.6 is 0 Å². The normalized spacial score (nSPS) is 20.4. The second-order valence-electron chi connectivity index (χ2n) is 4.70. The molecule has 0 N–H and O–H groups in total. The van der Waals surface area contributed by atoms with E-state index >= 15 is 0 Å². The number of fused-ring (bicyclic) bond motifs is 1. The molecule has 0 saturated heterocycles. The Morgan fingerprint density at radius 1 is 1.53 bits per heavy atom. The maximum Gasteiger partial charge on any atom is 0.253 e. The van der Waals surface area contributed by atoms with E-state index in [4.69, 9.17) is 0 Å². The summed E-state index contributed by atoms with van der Waals surface area (Å²) < 4.78 is 1.86. The zero-order valence-electron chi connectivity index (χ0n) is 9.66. The van der Waals surface area contributed by atoms with Gasteiger partial charge in [-0.25, -0.2) is 4.98 Å². The molecular formula is C12H18N2O. The molecule has 1 aromatic rings. The summed E-state index contributed by atoms with van der Waals surface area (Å²) >= 11 is 0. The highest BCUT2D eigenvalue weighted by molar-refractivity contribution is 5.10. The first-order valence-electron chi connectivity index (χ1n) is 5.72. The molecule has 1 aliphatic heterocycles. The largest absolute Gasteiger partial charge is 0.294 e. The summed E-state index contributed by atoms with van der Waals surface area (Å²) in [5.41, 5.74) is 1.05. The third-order valence-electron chi connectivity index (χ3n) is 3.10. The van der Waals surface area contributed by atoms with Gasteiger partial charge in [0.15, 0.2) is 0 Å². The molecule has 2 heterocycles. The zero-order chi connectivity index (χ0) is 11.0. The Balaban J connectivity index is 2.56. The lowest BCUT2D eigenvalue weighted by Gasteiger charge is -2.24. The summed E-state index contributed by atoms with van der Waals surface area (Å²) in [4.78, 5) is 16.5. The van der Waals surface area contributed by atoms with Crippen molar-refractivity contribution >= 4 is 0 Å². The molecule has 0 bridgehead atoms. The van der Waals surface area contributed by atoms with E-state index in [2.05, 4.69) is 25.8 Å². The first kappa shape index (κ1) is 10.4. The van der Waals surface area contributed by atoms with Crippen molar-refractivity contribution in [3.05, 3.63) is 27.9 Å². The summed E-state index contributed by atoms with van der Waals surface area (Å²) in [6.45, 7) is 6.25. The lowest BCUT2D eigenvalue weighted by Crippen LogP contribution is -2.31. The molecule has 0 fully saturated rings. The molecule has 3 heteroatoms. The van der Waals surface area contributed by atoms with Gasteiger partial charge in [-0.1, -0.05) is 13.8 Å². The van der Waals surface area contributed by atoms with Gasteiger partial charge in [-0.2, -0.15) is 0 Å². The highest BCUT2D eigenvalue weighted by Gasteiger charge is 2.19. The van der Waals surface area contributed by atoms with E-state index in [9.17, 15) is 4.79 Å². The quantitative estimate of drug-likeness (QED) is 0.706. The van der Waals surface area contributed by atoms with Crippen LogP contribution in [0.4, 0.5) is 0 Å². The Hall–Kier alpha value is -1.12. The Kier molecular flexibility index (Phi) is 2.63. The Morgan fingerprint density at radius 3 is 2.93 bits per heavy atom. The van der Waals surface area contributed by atoms with E-state index in [0.717, 1.165) is 30.8 Å². The smallest absolute Gasteiger partial charge is 0.253 e. The standard InChI is InChI=1S/C12H18N2O/c1-8(2)10-7-12(15)14-9(3)5-4-6-11(14)13-10/h7-9H,4-6H2,1-3H3/t9-/m1/s1. The van der Waals surface area contributed by atoms with Crippen molar-refractivity contribution in [2.24, 2.45) is 0 Å². The lowest BCUT2D eigenvalue weighted by molar-refractivity contribution is 0.402. The van der Waals surface area contributed by atoms with Gasteiger partial charge >= 0.3 is 0 Å². The van der Waals surface area contributed by atoms with Gasteiger partial charge in [0, 0.05) is 18.5 Å². The van der Waals surface area contributed by atoms with Gasteiger partial charge in [0.2, 0.25) is 0 Å². The van der Waals surface area contributed by atoms with E-state index in [1.165, 1.54) is 0 Å². The van der Waals surface area contributed by atoms with Crippen LogP contribution in [-0.2, 0) is 6.42 Å². The summed E-state index contributed by atoms with van der Waals surface area (Å²) in [6, 6.07) is 2.01. The minimum absolute atomic E-state index is 0.121. The predicted octanol–water partition coefficient (Wildman–Crippen LogP) is 2.26. The average Bonchev–Trinajstić information content (AvgIpc) is 2.17. The first-order chi connectivity index (χ1) is 7.09. The number of aromatic nitrogens is 2. The molecule has 1 aliphatic rings. The van der Waals surface area contributed by atoms with Crippen LogP contribution < -0.4 is 5.56 Å². The molecule has 3 nitrogen and oxygen atoms in total. The summed E-state index contributed by atoms with van der Waals surface area (Å²) in [7, 11) is 0. The highest BCUT2D eigenvalue weighted by atomic mass is 16.1. The van der Waals surface area contributed by atoms with Crippen LogP contribution in [-0.4, -0.2) is 9.55 Å². The van der Waals surface area contributed by atoms with Crippen molar-refractivity contribution in [3.63, 3.8) is 0 Å². The first-order valence-corrected chi connectivity index (χ1v) is 5.72. The number of nitrogens with zero attached hydrogens (tertiary/aromatic N) is 2. The van der Waals surface area contributed by atoms with Gasteiger partial charge in [0.25, 0.3) is 5.56 Å². The van der Waals surface area contributed by atoms with Gasteiger partial charge < -0.3 is 0 Å². The van der Waals surface area contributed by atoms with E-state index in [1.807, 2.05) is 4.57 Å². The SMILES string of the molecule is CC(C)c1cc(=O)n2c(n1)CCC[C@H]2C. The van der Waals surface area contributed by atoms with Crippen LogP contribution in [0.1, 0.15) is 57.1 Å². The number of aryl methyl sites for hydroxylation is 1. The van der Waals surface area contributed by atoms with E-state index in [1.54, 1.807) is 6.07 Å². The van der Waals surface area contributed by atoms with Crippen LogP contribution in [0, 0.1) is 0 Å². The number of rotatable bonds is 1. The van der Waals surface area contributed by atoms with E-state index in [-0.39, 0.29) is 5.56 Å². The molecule has 0 aromatic carbocycles. The Labute approximate surface area is 90.2 Å². The van der Waals surface area contributed by atoms with Crippen molar-refractivity contribution in [2.75, 3.05) is 0 Å². The maximum atomic E-state index is 11.9. The maximum absolute atomic E-state index is 11.9. The molecule has 0 radical (unpaired) electrons. The zero-order valence-corrected chi connectivity index (χ0v) is 9.66. The molecule has 0 amide bonds. The van der Waals surface area contributed by atoms with Crippen molar-refractivity contribution in [3.8, 4) is 0 Å². The topological polar surface area (TPSA) is 34.9 Å². The van der Waals surface area contributed by atoms with Gasteiger partial charge in [0.05, 0.1) is 5.69 Å². The molecule has 0 unspecified atom stereocenters. The van der Waals surface area contributed by atoms with Gasteiger partial charge in [-0.05, 0) is 25.7 Å². The second kappa shape index (κ2) is 3.80. The second-order valence-corrected chi connectivity index (χ2v) is 4.70. The van der Waals surface area contributed by atoms with Crippen molar-refractivity contribution < 1.29 is 0 Å². The fraction of sp³-hybridized carbons (Fsp3) is 0.667. The lowest BCUT2D eigenvalue weighted by atomic mass is 10.0. The summed E-state index contributed by atoms with van der Waals surface area (Å²) in [6.07, 6.45) is 3.19. The molecule has 82 valence electrons. The molecule has 0 saturated carbocycles. The van der Waals surface area contributed by atoms with Crippen molar-refractivity contribution in [1.82, 2.24) is 9.55 Å². The van der Waals surface area contributed by atoms with Gasteiger partial charge in [0.1, 0.15) is 5.82 Å². The van der Waals surface area contributed by atoms with Crippen molar-refractivity contribution in [2.45, 2.75) is 52.0 Å². The third-order valence-corrected chi connectivity index (χ3v) is 3.10. The molecule has 15 heavy (non-hydrogen) atoms. The summed E-state index contributed by atoms with van der Waals surface area (Å²) in [5.74, 6) is 1.31. The monoisotopic (exact) mass is 206 g/mol. The fourth-order valence-corrected chi connectivity index (χ4v) is 2.19. The third kappa shape index (κ3) is 1.83. The number of hydrogen-bond acceptors (Lipinski definition) is 2. The van der Waals surface area contributed by atoms with Gasteiger partial charge in [-0.15, -0.1) is 0 Å². The van der Waals surface area contributed by atoms with Crippen LogP contribution in [0.15, 0.2) is 10.9 Å².